The highest BCUT2D eigenvalue weighted by molar-refractivity contribution is 5.94. The van der Waals surface area contributed by atoms with Crippen LogP contribution in [0.15, 0.2) is 24.3 Å². The SMILES string of the molecule is Cl.O=C(NCC1(c2cccc(F)c2)CC1)c1n[nH]c2c1CNCC2. The van der Waals surface area contributed by atoms with Crippen LogP contribution in [-0.2, 0) is 18.4 Å². The highest BCUT2D eigenvalue weighted by Gasteiger charge is 2.44. The number of aromatic nitrogens is 2. The first-order chi connectivity index (χ1) is 11.2. The van der Waals surface area contributed by atoms with Crippen molar-refractivity contribution in [3.8, 4) is 0 Å². The molecule has 1 fully saturated rings. The number of hydrogen-bond acceptors (Lipinski definition) is 3. The number of rotatable bonds is 4. The van der Waals surface area contributed by atoms with E-state index in [2.05, 4.69) is 20.8 Å². The third-order valence-electron chi connectivity index (χ3n) is 4.90. The highest BCUT2D eigenvalue weighted by atomic mass is 35.5. The van der Waals surface area contributed by atoms with Crippen molar-refractivity contribution in [1.29, 1.82) is 0 Å². The lowest BCUT2D eigenvalue weighted by Gasteiger charge is -2.17. The van der Waals surface area contributed by atoms with Gasteiger partial charge in [0.05, 0.1) is 0 Å². The minimum atomic E-state index is -0.229. The van der Waals surface area contributed by atoms with Gasteiger partial charge in [-0.1, -0.05) is 12.1 Å². The van der Waals surface area contributed by atoms with Crippen LogP contribution >= 0.6 is 12.4 Å². The summed E-state index contributed by atoms with van der Waals surface area (Å²) >= 11 is 0. The van der Waals surface area contributed by atoms with Crippen LogP contribution in [0.25, 0.3) is 0 Å². The predicted molar refractivity (Wildman–Crippen MR) is 90.9 cm³/mol. The minimum Gasteiger partial charge on any atom is -0.350 e. The molecule has 1 saturated carbocycles. The molecular formula is C17H20ClFN4O. The Bertz CT molecular complexity index is 757. The molecule has 2 heterocycles. The first-order valence-corrected chi connectivity index (χ1v) is 7.99. The molecule has 0 bridgehead atoms. The van der Waals surface area contributed by atoms with Crippen LogP contribution in [0.5, 0.6) is 0 Å². The average molecular weight is 351 g/mol. The third-order valence-corrected chi connectivity index (χ3v) is 4.90. The van der Waals surface area contributed by atoms with Gasteiger partial charge in [0.15, 0.2) is 5.69 Å². The minimum absolute atomic E-state index is 0. The molecule has 5 nitrogen and oxygen atoms in total. The number of nitrogens with zero attached hydrogens (tertiary/aromatic N) is 1. The summed E-state index contributed by atoms with van der Waals surface area (Å²) in [6.45, 7) is 2.09. The first kappa shape index (κ1) is 16.9. The molecule has 3 N–H and O–H groups in total. The summed E-state index contributed by atoms with van der Waals surface area (Å²) in [7, 11) is 0. The van der Waals surface area contributed by atoms with Gasteiger partial charge >= 0.3 is 0 Å². The number of fused-ring (bicyclic) bond motifs is 1. The first-order valence-electron chi connectivity index (χ1n) is 7.99. The smallest absolute Gasteiger partial charge is 0.272 e. The molecule has 1 aromatic heterocycles. The Hall–Kier alpha value is -1.92. The van der Waals surface area contributed by atoms with Gasteiger partial charge in [-0.3, -0.25) is 9.89 Å². The van der Waals surface area contributed by atoms with Crippen molar-refractivity contribution in [3.05, 3.63) is 52.6 Å². The van der Waals surface area contributed by atoms with Crippen molar-refractivity contribution in [2.45, 2.75) is 31.2 Å². The number of amides is 1. The molecule has 7 heteroatoms. The Labute approximate surface area is 145 Å². The van der Waals surface area contributed by atoms with Crippen molar-refractivity contribution in [3.63, 3.8) is 0 Å². The molecule has 1 aromatic carbocycles. The third kappa shape index (κ3) is 3.03. The van der Waals surface area contributed by atoms with E-state index in [9.17, 15) is 9.18 Å². The van der Waals surface area contributed by atoms with E-state index in [-0.39, 0.29) is 29.5 Å². The summed E-state index contributed by atoms with van der Waals surface area (Å²) in [5.41, 5.74) is 3.32. The number of benzene rings is 1. The van der Waals surface area contributed by atoms with Crippen LogP contribution < -0.4 is 10.6 Å². The van der Waals surface area contributed by atoms with Crippen LogP contribution in [0.1, 0.15) is 40.2 Å². The van der Waals surface area contributed by atoms with Crippen LogP contribution in [0.2, 0.25) is 0 Å². The second-order valence-electron chi connectivity index (χ2n) is 6.43. The summed E-state index contributed by atoms with van der Waals surface area (Å²) in [5, 5.41) is 13.4. The normalized spacial score (nSPS) is 17.5. The van der Waals surface area contributed by atoms with Gasteiger partial charge in [0.1, 0.15) is 5.82 Å². The number of halogens is 2. The lowest BCUT2D eigenvalue weighted by molar-refractivity contribution is 0.0943. The zero-order valence-electron chi connectivity index (χ0n) is 13.2. The van der Waals surface area contributed by atoms with E-state index in [1.165, 1.54) is 6.07 Å². The fourth-order valence-corrected chi connectivity index (χ4v) is 3.28. The van der Waals surface area contributed by atoms with Crippen LogP contribution in [-0.4, -0.2) is 29.2 Å². The molecule has 0 spiro atoms. The van der Waals surface area contributed by atoms with Crippen molar-refractivity contribution < 1.29 is 9.18 Å². The molecule has 4 rings (SSSR count). The van der Waals surface area contributed by atoms with Gasteiger partial charge < -0.3 is 10.6 Å². The Morgan fingerprint density at radius 3 is 2.96 bits per heavy atom. The number of carbonyl (C=O) groups excluding carboxylic acids is 1. The van der Waals surface area contributed by atoms with Crippen LogP contribution in [0.3, 0.4) is 0 Å². The van der Waals surface area contributed by atoms with E-state index in [1.54, 1.807) is 12.1 Å². The van der Waals surface area contributed by atoms with Crippen LogP contribution in [0.4, 0.5) is 4.39 Å². The van der Waals surface area contributed by atoms with Gasteiger partial charge in [0.2, 0.25) is 0 Å². The molecule has 0 saturated heterocycles. The van der Waals surface area contributed by atoms with E-state index >= 15 is 0 Å². The Morgan fingerprint density at radius 1 is 1.38 bits per heavy atom. The molecule has 2 aliphatic rings. The summed E-state index contributed by atoms with van der Waals surface area (Å²) < 4.78 is 13.4. The largest absolute Gasteiger partial charge is 0.350 e. The predicted octanol–water partition coefficient (Wildman–Crippen LogP) is 2.08. The van der Waals surface area contributed by atoms with Gasteiger partial charge in [-0.2, -0.15) is 5.10 Å². The molecule has 128 valence electrons. The van der Waals surface area contributed by atoms with Gasteiger partial charge in [-0.05, 0) is 30.5 Å². The number of aromatic amines is 1. The summed E-state index contributed by atoms with van der Waals surface area (Å²) in [5.74, 6) is -0.388. The van der Waals surface area contributed by atoms with E-state index in [0.717, 1.165) is 42.6 Å². The number of nitrogens with one attached hydrogen (secondary N) is 3. The van der Waals surface area contributed by atoms with Crippen LogP contribution in [0, 0.1) is 5.82 Å². The van der Waals surface area contributed by atoms with Crippen molar-refractivity contribution in [1.82, 2.24) is 20.8 Å². The molecule has 24 heavy (non-hydrogen) atoms. The standard InChI is InChI=1S/C17H19FN4O.ClH/c18-12-3-1-2-11(8-12)17(5-6-17)10-20-16(23)15-13-9-19-7-4-14(13)21-22-15;/h1-3,8,19H,4-7,9-10H2,(H,20,23)(H,21,22);1H. The summed E-state index contributed by atoms with van der Waals surface area (Å²) in [6, 6.07) is 6.67. The molecule has 1 aliphatic carbocycles. The molecule has 0 unspecified atom stereocenters. The molecule has 1 aliphatic heterocycles. The molecule has 0 atom stereocenters. The maximum Gasteiger partial charge on any atom is 0.272 e. The van der Waals surface area contributed by atoms with Gasteiger partial charge in [0.25, 0.3) is 5.91 Å². The second-order valence-corrected chi connectivity index (χ2v) is 6.43. The van der Waals surface area contributed by atoms with E-state index in [0.29, 0.717) is 18.8 Å². The number of H-pyrrole nitrogens is 1. The fourth-order valence-electron chi connectivity index (χ4n) is 3.28. The Kier molecular flexibility index (Phi) is 4.60. The monoisotopic (exact) mass is 350 g/mol. The average Bonchev–Trinajstić information content (AvgIpc) is 3.24. The quantitative estimate of drug-likeness (QED) is 0.790. The van der Waals surface area contributed by atoms with Crippen molar-refractivity contribution in [2.75, 3.05) is 13.1 Å². The zero-order valence-corrected chi connectivity index (χ0v) is 14.0. The van der Waals surface area contributed by atoms with E-state index in [4.69, 9.17) is 0 Å². The van der Waals surface area contributed by atoms with Gasteiger partial charge in [-0.15, -0.1) is 12.4 Å². The maximum absolute atomic E-state index is 13.4. The summed E-state index contributed by atoms with van der Waals surface area (Å²) in [6.07, 6.45) is 2.80. The Balaban J connectivity index is 0.00000169. The lowest BCUT2D eigenvalue weighted by Crippen LogP contribution is -2.34. The lowest BCUT2D eigenvalue weighted by atomic mass is 9.95. The topological polar surface area (TPSA) is 69.8 Å². The molecule has 0 radical (unpaired) electrons. The molecule has 2 aromatic rings. The Morgan fingerprint density at radius 2 is 2.21 bits per heavy atom. The van der Waals surface area contributed by atoms with Gasteiger partial charge in [0, 0.05) is 42.7 Å². The zero-order chi connectivity index (χ0) is 15.9. The van der Waals surface area contributed by atoms with Gasteiger partial charge in [-0.25, -0.2) is 4.39 Å². The summed E-state index contributed by atoms with van der Waals surface area (Å²) in [4.78, 5) is 12.5. The fraction of sp³-hybridized carbons (Fsp3) is 0.412. The number of hydrogen-bond donors (Lipinski definition) is 3. The van der Waals surface area contributed by atoms with Crippen molar-refractivity contribution in [2.24, 2.45) is 0 Å². The molecular weight excluding hydrogens is 331 g/mol. The van der Waals surface area contributed by atoms with Crippen molar-refractivity contribution >= 4 is 18.3 Å². The number of carbonyl (C=O) groups is 1. The second kappa shape index (κ2) is 6.53. The van der Waals surface area contributed by atoms with E-state index < -0.39 is 0 Å². The highest BCUT2D eigenvalue weighted by Crippen LogP contribution is 2.47. The molecule has 1 amide bonds. The maximum atomic E-state index is 13.4. The van der Waals surface area contributed by atoms with E-state index in [1.807, 2.05) is 6.07 Å².